The average molecular weight is 209 g/mol. The standard InChI is InChI=1S/C10H15N3O2/c11-10-2-1-7(3-12-10)4-13-5-8(14)9(15)6-13/h1-3,8-9,14-15H,4-6H2,(H2,11,12). The van der Waals surface area contributed by atoms with Gasteiger partial charge in [-0.3, -0.25) is 4.90 Å². The van der Waals surface area contributed by atoms with Crippen molar-refractivity contribution in [3.05, 3.63) is 23.9 Å². The van der Waals surface area contributed by atoms with Gasteiger partial charge >= 0.3 is 0 Å². The molecule has 0 saturated carbocycles. The van der Waals surface area contributed by atoms with Crippen molar-refractivity contribution in [2.24, 2.45) is 0 Å². The monoisotopic (exact) mass is 209 g/mol. The van der Waals surface area contributed by atoms with Crippen molar-refractivity contribution in [2.45, 2.75) is 18.8 Å². The van der Waals surface area contributed by atoms with E-state index in [0.29, 0.717) is 25.5 Å². The summed E-state index contributed by atoms with van der Waals surface area (Å²) in [5, 5.41) is 18.7. The largest absolute Gasteiger partial charge is 0.389 e. The van der Waals surface area contributed by atoms with E-state index in [1.807, 2.05) is 11.0 Å². The maximum Gasteiger partial charge on any atom is 0.123 e. The highest BCUT2D eigenvalue weighted by Crippen LogP contribution is 2.13. The highest BCUT2D eigenvalue weighted by Gasteiger charge is 2.29. The van der Waals surface area contributed by atoms with Crippen LogP contribution in [0.15, 0.2) is 18.3 Å². The molecule has 1 fully saturated rings. The van der Waals surface area contributed by atoms with E-state index >= 15 is 0 Å². The summed E-state index contributed by atoms with van der Waals surface area (Å²) >= 11 is 0. The number of pyridine rings is 1. The fraction of sp³-hybridized carbons (Fsp3) is 0.500. The lowest BCUT2D eigenvalue weighted by molar-refractivity contribution is 0.0572. The van der Waals surface area contributed by atoms with Crippen LogP contribution in [0.4, 0.5) is 5.82 Å². The van der Waals surface area contributed by atoms with Gasteiger partial charge in [0.15, 0.2) is 0 Å². The zero-order valence-corrected chi connectivity index (χ0v) is 8.37. The molecule has 0 amide bonds. The number of nitrogens with two attached hydrogens (primary N) is 1. The predicted octanol–water partition coefficient (Wildman–Crippen LogP) is -0.799. The summed E-state index contributed by atoms with van der Waals surface area (Å²) in [5.41, 5.74) is 6.51. The van der Waals surface area contributed by atoms with E-state index < -0.39 is 12.2 Å². The van der Waals surface area contributed by atoms with Crippen molar-refractivity contribution in [3.8, 4) is 0 Å². The number of nitrogen functional groups attached to an aromatic ring is 1. The number of hydrogen-bond donors (Lipinski definition) is 3. The van der Waals surface area contributed by atoms with Gasteiger partial charge in [0.2, 0.25) is 0 Å². The summed E-state index contributed by atoms with van der Waals surface area (Å²) < 4.78 is 0. The average Bonchev–Trinajstić information content (AvgIpc) is 2.50. The van der Waals surface area contributed by atoms with Gasteiger partial charge in [-0.2, -0.15) is 0 Å². The van der Waals surface area contributed by atoms with Crippen LogP contribution in [0.5, 0.6) is 0 Å². The molecule has 4 N–H and O–H groups in total. The number of likely N-dealkylation sites (tertiary alicyclic amines) is 1. The van der Waals surface area contributed by atoms with Gasteiger partial charge in [0.25, 0.3) is 0 Å². The molecule has 1 saturated heterocycles. The summed E-state index contributed by atoms with van der Waals surface area (Å²) in [5.74, 6) is 0.500. The van der Waals surface area contributed by atoms with Crippen molar-refractivity contribution >= 4 is 5.82 Å². The first-order valence-electron chi connectivity index (χ1n) is 4.94. The molecule has 1 aromatic rings. The molecule has 15 heavy (non-hydrogen) atoms. The smallest absolute Gasteiger partial charge is 0.123 e. The molecule has 5 nitrogen and oxygen atoms in total. The highest BCUT2D eigenvalue weighted by atomic mass is 16.3. The Bertz CT molecular complexity index is 318. The third-order valence-electron chi connectivity index (χ3n) is 2.59. The summed E-state index contributed by atoms with van der Waals surface area (Å²) in [6.07, 6.45) is 0.449. The number of anilines is 1. The molecule has 1 aromatic heterocycles. The molecule has 2 unspecified atom stereocenters. The van der Waals surface area contributed by atoms with Gasteiger partial charge < -0.3 is 15.9 Å². The number of hydrogen-bond acceptors (Lipinski definition) is 5. The zero-order valence-electron chi connectivity index (χ0n) is 8.37. The van der Waals surface area contributed by atoms with E-state index in [9.17, 15) is 10.2 Å². The number of aliphatic hydroxyl groups excluding tert-OH is 2. The molecule has 2 atom stereocenters. The maximum atomic E-state index is 9.36. The summed E-state index contributed by atoms with van der Waals surface area (Å²) in [6, 6.07) is 3.65. The second-order valence-corrected chi connectivity index (χ2v) is 3.92. The van der Waals surface area contributed by atoms with Crippen molar-refractivity contribution < 1.29 is 10.2 Å². The van der Waals surface area contributed by atoms with Gasteiger partial charge in [-0.1, -0.05) is 6.07 Å². The van der Waals surface area contributed by atoms with Crippen LogP contribution >= 0.6 is 0 Å². The van der Waals surface area contributed by atoms with Crippen LogP contribution in [-0.2, 0) is 6.54 Å². The van der Waals surface area contributed by atoms with Gasteiger partial charge in [0, 0.05) is 25.8 Å². The molecule has 0 radical (unpaired) electrons. The van der Waals surface area contributed by atoms with Crippen molar-refractivity contribution in [2.75, 3.05) is 18.8 Å². The Kier molecular flexibility index (Phi) is 2.86. The van der Waals surface area contributed by atoms with Crippen LogP contribution in [0, 0.1) is 0 Å². The SMILES string of the molecule is Nc1ccc(CN2CC(O)C(O)C2)cn1. The molecule has 2 rings (SSSR count). The number of β-amino-alcohol motifs (C(OH)–C–C–N with tert-alkyl or cyclic N) is 2. The fourth-order valence-corrected chi connectivity index (χ4v) is 1.76. The van der Waals surface area contributed by atoms with Crippen molar-refractivity contribution in [1.82, 2.24) is 9.88 Å². The molecule has 2 heterocycles. The maximum absolute atomic E-state index is 9.36. The van der Waals surface area contributed by atoms with Gasteiger partial charge in [-0.25, -0.2) is 4.98 Å². The summed E-state index contributed by atoms with van der Waals surface area (Å²) in [6.45, 7) is 1.69. The van der Waals surface area contributed by atoms with Crippen LogP contribution in [0.1, 0.15) is 5.56 Å². The lowest BCUT2D eigenvalue weighted by Crippen LogP contribution is -2.22. The van der Waals surface area contributed by atoms with E-state index in [1.54, 1.807) is 12.3 Å². The Morgan fingerprint density at radius 1 is 1.33 bits per heavy atom. The summed E-state index contributed by atoms with van der Waals surface area (Å²) in [7, 11) is 0. The van der Waals surface area contributed by atoms with Gasteiger partial charge in [-0.15, -0.1) is 0 Å². The molecule has 0 bridgehead atoms. The molecule has 0 aromatic carbocycles. The predicted molar refractivity (Wildman–Crippen MR) is 55.9 cm³/mol. The molecular weight excluding hydrogens is 194 g/mol. The Morgan fingerprint density at radius 2 is 2.00 bits per heavy atom. The minimum Gasteiger partial charge on any atom is -0.389 e. The van der Waals surface area contributed by atoms with Crippen molar-refractivity contribution in [1.29, 1.82) is 0 Å². The topological polar surface area (TPSA) is 82.6 Å². The van der Waals surface area contributed by atoms with Gasteiger partial charge in [0.1, 0.15) is 5.82 Å². The quantitative estimate of drug-likeness (QED) is 0.594. The highest BCUT2D eigenvalue weighted by molar-refractivity contribution is 5.29. The lowest BCUT2D eigenvalue weighted by atomic mass is 10.2. The van der Waals surface area contributed by atoms with E-state index in [2.05, 4.69) is 4.98 Å². The number of aromatic nitrogens is 1. The zero-order chi connectivity index (χ0) is 10.8. The van der Waals surface area contributed by atoms with Crippen LogP contribution in [-0.4, -0.2) is 45.4 Å². The van der Waals surface area contributed by atoms with Crippen molar-refractivity contribution in [3.63, 3.8) is 0 Å². The minimum atomic E-state index is -0.633. The van der Waals surface area contributed by atoms with Gasteiger partial charge in [-0.05, 0) is 11.6 Å². The molecule has 1 aliphatic rings. The molecular formula is C10H15N3O2. The third kappa shape index (κ3) is 2.44. The molecule has 0 aliphatic carbocycles. The first kappa shape index (κ1) is 10.4. The first-order valence-corrected chi connectivity index (χ1v) is 4.94. The minimum absolute atomic E-state index is 0.500. The Labute approximate surface area is 88.2 Å². The van der Waals surface area contributed by atoms with E-state index in [-0.39, 0.29) is 0 Å². The van der Waals surface area contributed by atoms with Crippen LogP contribution in [0.25, 0.3) is 0 Å². The number of nitrogens with zero attached hydrogens (tertiary/aromatic N) is 2. The first-order chi connectivity index (χ1) is 7.15. The molecule has 1 aliphatic heterocycles. The lowest BCUT2D eigenvalue weighted by Gasteiger charge is -2.14. The van der Waals surface area contributed by atoms with E-state index in [4.69, 9.17) is 5.73 Å². The summed E-state index contributed by atoms with van der Waals surface area (Å²) in [4.78, 5) is 5.97. The second kappa shape index (κ2) is 4.14. The normalized spacial score (nSPS) is 27.1. The Hall–Kier alpha value is -1.17. The van der Waals surface area contributed by atoms with Crippen LogP contribution in [0.2, 0.25) is 0 Å². The van der Waals surface area contributed by atoms with Crippen LogP contribution < -0.4 is 5.73 Å². The van der Waals surface area contributed by atoms with Gasteiger partial charge in [0.05, 0.1) is 12.2 Å². The fourth-order valence-electron chi connectivity index (χ4n) is 1.76. The molecule has 82 valence electrons. The van der Waals surface area contributed by atoms with Crippen LogP contribution in [0.3, 0.4) is 0 Å². The second-order valence-electron chi connectivity index (χ2n) is 3.92. The Balaban J connectivity index is 1.95. The van der Waals surface area contributed by atoms with E-state index in [1.165, 1.54) is 0 Å². The number of aliphatic hydroxyl groups is 2. The number of rotatable bonds is 2. The third-order valence-corrected chi connectivity index (χ3v) is 2.59. The Morgan fingerprint density at radius 3 is 2.53 bits per heavy atom. The van der Waals surface area contributed by atoms with E-state index in [0.717, 1.165) is 5.56 Å². The molecule has 0 spiro atoms. The molecule has 5 heteroatoms.